The smallest absolute Gasteiger partial charge is 0.146 e. The number of nitrogen functional groups attached to an aromatic ring is 1. The summed E-state index contributed by atoms with van der Waals surface area (Å²) in [4.78, 5) is 0. The van der Waals surface area contributed by atoms with Gasteiger partial charge in [0.25, 0.3) is 0 Å². The molecule has 15 heavy (non-hydrogen) atoms. The molecule has 0 aliphatic carbocycles. The molecule has 0 saturated heterocycles. The van der Waals surface area contributed by atoms with Gasteiger partial charge in [0.15, 0.2) is 0 Å². The van der Waals surface area contributed by atoms with Gasteiger partial charge in [0.2, 0.25) is 0 Å². The highest BCUT2D eigenvalue weighted by Gasteiger charge is 2.20. The first kappa shape index (κ1) is 11.9. The quantitative estimate of drug-likeness (QED) is 0.533. The Balaban J connectivity index is 2.90. The lowest BCUT2D eigenvalue weighted by Gasteiger charge is -2.19. The summed E-state index contributed by atoms with van der Waals surface area (Å²) in [6.07, 6.45) is -2.20. The lowest BCUT2D eigenvalue weighted by Crippen LogP contribution is -2.30. The molecule has 1 aromatic carbocycles. The van der Waals surface area contributed by atoms with Crippen LogP contribution in [0.3, 0.4) is 0 Å². The van der Waals surface area contributed by atoms with Gasteiger partial charge in [-0.05, 0) is 13.1 Å². The topological polar surface area (TPSA) is 78.5 Å². The van der Waals surface area contributed by atoms with E-state index >= 15 is 0 Å². The van der Waals surface area contributed by atoms with Crippen LogP contribution in [0.5, 0.6) is 0 Å². The number of rotatable bonds is 4. The van der Waals surface area contributed by atoms with E-state index in [0.29, 0.717) is 0 Å². The highest BCUT2D eigenvalue weighted by Crippen LogP contribution is 2.24. The third-order valence-electron chi connectivity index (χ3n) is 2.18. The molecular weight excluding hydrogens is 199 g/mol. The van der Waals surface area contributed by atoms with Crippen LogP contribution in [0.4, 0.5) is 10.1 Å². The van der Waals surface area contributed by atoms with Crippen molar-refractivity contribution in [1.29, 1.82) is 0 Å². The summed E-state index contributed by atoms with van der Waals surface area (Å²) in [5, 5.41) is 21.9. The molecule has 0 aliphatic heterocycles. The minimum absolute atomic E-state index is 0.125. The Bertz CT molecular complexity index is 333. The lowest BCUT2D eigenvalue weighted by atomic mass is 10.0. The Kier molecular flexibility index (Phi) is 4.02. The number of aliphatic hydroxyl groups excluding tert-OH is 2. The molecule has 84 valence electrons. The molecule has 0 aromatic heterocycles. The van der Waals surface area contributed by atoms with Gasteiger partial charge >= 0.3 is 0 Å². The molecule has 0 saturated carbocycles. The van der Waals surface area contributed by atoms with E-state index in [4.69, 9.17) is 5.73 Å². The maximum atomic E-state index is 13.1. The Hall–Kier alpha value is -1.17. The molecule has 0 aliphatic rings. The fourth-order valence-corrected chi connectivity index (χ4v) is 1.34. The SMILES string of the molecule is CNCC(O)C(O)c1cccc(F)c1N. The van der Waals surface area contributed by atoms with Gasteiger partial charge in [0, 0.05) is 12.1 Å². The Morgan fingerprint density at radius 2 is 2.13 bits per heavy atom. The number of para-hydroxylation sites is 1. The van der Waals surface area contributed by atoms with Crippen LogP contribution in [-0.4, -0.2) is 29.9 Å². The van der Waals surface area contributed by atoms with Crippen molar-refractivity contribution in [1.82, 2.24) is 5.32 Å². The second-order valence-electron chi connectivity index (χ2n) is 3.31. The van der Waals surface area contributed by atoms with Crippen molar-refractivity contribution >= 4 is 5.69 Å². The van der Waals surface area contributed by atoms with Crippen LogP contribution in [0.2, 0.25) is 0 Å². The van der Waals surface area contributed by atoms with Gasteiger partial charge in [0.1, 0.15) is 11.9 Å². The molecule has 4 nitrogen and oxygen atoms in total. The van der Waals surface area contributed by atoms with Gasteiger partial charge in [0.05, 0.1) is 11.8 Å². The summed E-state index contributed by atoms with van der Waals surface area (Å²) in [5.74, 6) is -0.594. The van der Waals surface area contributed by atoms with Gasteiger partial charge in [-0.2, -0.15) is 0 Å². The second kappa shape index (κ2) is 5.06. The third-order valence-corrected chi connectivity index (χ3v) is 2.18. The van der Waals surface area contributed by atoms with Crippen molar-refractivity contribution in [3.05, 3.63) is 29.6 Å². The van der Waals surface area contributed by atoms with E-state index in [9.17, 15) is 14.6 Å². The fourth-order valence-electron chi connectivity index (χ4n) is 1.34. The molecule has 1 aromatic rings. The van der Waals surface area contributed by atoms with Crippen LogP contribution in [0, 0.1) is 5.82 Å². The average molecular weight is 214 g/mol. The normalized spacial score (nSPS) is 14.9. The molecular formula is C10H15FN2O2. The van der Waals surface area contributed by atoms with Crippen molar-refractivity contribution in [3.8, 4) is 0 Å². The molecule has 5 heteroatoms. The van der Waals surface area contributed by atoms with Crippen molar-refractivity contribution in [2.45, 2.75) is 12.2 Å². The summed E-state index contributed by atoms with van der Waals surface area (Å²) in [6.45, 7) is 0.205. The van der Waals surface area contributed by atoms with Crippen molar-refractivity contribution in [2.75, 3.05) is 19.3 Å². The highest BCUT2D eigenvalue weighted by atomic mass is 19.1. The summed E-state index contributed by atoms with van der Waals surface area (Å²) in [5.41, 5.74) is 5.53. The van der Waals surface area contributed by atoms with E-state index in [1.165, 1.54) is 18.2 Å². The zero-order chi connectivity index (χ0) is 11.4. The van der Waals surface area contributed by atoms with Crippen molar-refractivity contribution in [3.63, 3.8) is 0 Å². The first-order valence-electron chi connectivity index (χ1n) is 4.62. The molecule has 0 amide bonds. The number of nitrogens with two attached hydrogens (primary N) is 1. The monoisotopic (exact) mass is 214 g/mol. The van der Waals surface area contributed by atoms with E-state index < -0.39 is 18.0 Å². The number of aliphatic hydroxyl groups is 2. The van der Waals surface area contributed by atoms with Crippen molar-refractivity contribution in [2.24, 2.45) is 0 Å². The van der Waals surface area contributed by atoms with Crippen LogP contribution in [0.15, 0.2) is 18.2 Å². The van der Waals surface area contributed by atoms with Gasteiger partial charge in [-0.25, -0.2) is 4.39 Å². The first-order valence-corrected chi connectivity index (χ1v) is 4.62. The Labute approximate surface area is 87.5 Å². The number of anilines is 1. The number of likely N-dealkylation sites (N-methyl/N-ethyl adjacent to an activating group) is 1. The maximum Gasteiger partial charge on any atom is 0.146 e. The molecule has 0 heterocycles. The van der Waals surface area contributed by atoms with E-state index in [0.717, 1.165) is 0 Å². The number of halogens is 1. The third kappa shape index (κ3) is 2.65. The second-order valence-corrected chi connectivity index (χ2v) is 3.31. The molecule has 2 atom stereocenters. The summed E-state index contributed by atoms with van der Waals surface area (Å²) in [7, 11) is 1.64. The summed E-state index contributed by atoms with van der Waals surface area (Å²) in [6, 6.07) is 4.13. The summed E-state index contributed by atoms with van der Waals surface area (Å²) < 4.78 is 13.1. The van der Waals surface area contributed by atoms with Gasteiger partial charge in [-0.1, -0.05) is 12.1 Å². The van der Waals surface area contributed by atoms with Crippen molar-refractivity contribution < 1.29 is 14.6 Å². The molecule has 0 bridgehead atoms. The number of benzene rings is 1. The van der Waals surface area contributed by atoms with Crippen LogP contribution in [0.25, 0.3) is 0 Å². The largest absolute Gasteiger partial charge is 0.396 e. The van der Waals surface area contributed by atoms with E-state index in [1.807, 2.05) is 0 Å². The minimum Gasteiger partial charge on any atom is -0.396 e. The predicted octanol–water partition coefficient (Wildman–Crippen LogP) is 0.0216. The number of hydrogen-bond donors (Lipinski definition) is 4. The number of hydrogen-bond acceptors (Lipinski definition) is 4. The lowest BCUT2D eigenvalue weighted by molar-refractivity contribution is 0.0205. The van der Waals surface area contributed by atoms with Crippen LogP contribution < -0.4 is 11.1 Å². The van der Waals surface area contributed by atoms with Crippen LogP contribution >= 0.6 is 0 Å². The standard InChI is InChI=1S/C10H15FN2O2/c1-13-5-8(14)10(15)6-3-2-4-7(11)9(6)12/h2-4,8,10,13-15H,5,12H2,1H3. The zero-order valence-electron chi connectivity index (χ0n) is 8.44. The molecule has 2 unspecified atom stereocenters. The van der Waals surface area contributed by atoms with Gasteiger partial charge < -0.3 is 21.3 Å². The Morgan fingerprint density at radius 1 is 1.47 bits per heavy atom. The minimum atomic E-state index is -1.19. The maximum absolute atomic E-state index is 13.1. The highest BCUT2D eigenvalue weighted by molar-refractivity contribution is 5.49. The zero-order valence-corrected chi connectivity index (χ0v) is 8.44. The molecule has 5 N–H and O–H groups in total. The molecule has 0 fully saturated rings. The molecule has 0 radical (unpaired) electrons. The molecule has 0 spiro atoms. The van der Waals surface area contributed by atoms with E-state index in [2.05, 4.69) is 5.32 Å². The first-order chi connectivity index (χ1) is 7.07. The predicted molar refractivity (Wildman–Crippen MR) is 55.7 cm³/mol. The Morgan fingerprint density at radius 3 is 2.73 bits per heavy atom. The van der Waals surface area contributed by atoms with E-state index in [1.54, 1.807) is 7.05 Å². The number of nitrogens with one attached hydrogen (secondary N) is 1. The van der Waals surface area contributed by atoms with Crippen LogP contribution in [-0.2, 0) is 0 Å². The summed E-state index contributed by atoms with van der Waals surface area (Å²) >= 11 is 0. The van der Waals surface area contributed by atoms with E-state index in [-0.39, 0.29) is 17.8 Å². The van der Waals surface area contributed by atoms with Crippen LogP contribution in [0.1, 0.15) is 11.7 Å². The molecule has 1 rings (SSSR count). The average Bonchev–Trinajstić information content (AvgIpc) is 2.21. The van der Waals surface area contributed by atoms with Gasteiger partial charge in [-0.15, -0.1) is 0 Å². The van der Waals surface area contributed by atoms with Gasteiger partial charge in [-0.3, -0.25) is 0 Å². The fraction of sp³-hybridized carbons (Fsp3) is 0.400.